The SMILES string of the molecule is CCC[CH2][Sn](/[CH]=C/B(N(C(C)C)C(C)C)N(C(C)C)C(C)C)([CH2]CCC)[CH2]CCC. The first-order valence-corrected chi connectivity index (χ1v) is 21.0. The number of hydrogen-bond acceptors (Lipinski definition) is 2. The van der Waals surface area contributed by atoms with Crippen LogP contribution in [-0.4, -0.2) is 59.1 Å². The van der Waals surface area contributed by atoms with Crippen molar-refractivity contribution in [3.63, 3.8) is 0 Å². The molecule has 0 unspecified atom stereocenters. The van der Waals surface area contributed by atoms with Crippen molar-refractivity contribution in [2.45, 2.75) is 152 Å². The molecule has 0 aromatic heterocycles. The van der Waals surface area contributed by atoms with Gasteiger partial charge >= 0.3 is 197 Å². The van der Waals surface area contributed by atoms with Crippen molar-refractivity contribution >= 4 is 25.4 Å². The molecule has 0 aliphatic heterocycles. The molecule has 0 spiro atoms. The van der Waals surface area contributed by atoms with Crippen molar-refractivity contribution in [3.8, 4) is 0 Å². The van der Waals surface area contributed by atoms with E-state index in [0.29, 0.717) is 31.1 Å². The Balaban J connectivity index is 6.24. The van der Waals surface area contributed by atoms with Gasteiger partial charge in [-0.3, -0.25) is 0 Å². The summed E-state index contributed by atoms with van der Waals surface area (Å²) in [5.41, 5.74) is 0. The van der Waals surface area contributed by atoms with Gasteiger partial charge in [-0.05, 0) is 0 Å². The van der Waals surface area contributed by atoms with E-state index < -0.39 is 18.4 Å². The Morgan fingerprint density at radius 3 is 1.13 bits per heavy atom. The third-order valence-electron chi connectivity index (χ3n) is 6.70. The standard InChI is InChI=1S/C14H30BN2.3C4H9.Sn/c1-10-15(16(11(2)3)12(4)5)17(13(6)7)14(8)9;3*1-3-4-2;/h1,10-14H,2-9H3;3*1,3-4H2,2H3;. The number of unbranched alkanes of at least 4 members (excludes halogenated alkanes) is 3. The quantitative estimate of drug-likeness (QED) is 0.176. The Labute approximate surface area is 196 Å². The summed E-state index contributed by atoms with van der Waals surface area (Å²) in [5.74, 6) is 2.71. The topological polar surface area (TPSA) is 6.48 Å². The summed E-state index contributed by atoms with van der Waals surface area (Å²) >= 11 is -2.29. The monoisotopic (exact) mass is 528 g/mol. The third kappa shape index (κ3) is 10.4. The fourth-order valence-electron chi connectivity index (χ4n) is 5.27. The average molecular weight is 527 g/mol. The summed E-state index contributed by atoms with van der Waals surface area (Å²) < 4.78 is 7.57. The predicted molar refractivity (Wildman–Crippen MR) is 144 cm³/mol. The summed E-state index contributed by atoms with van der Waals surface area (Å²) in [4.78, 5) is 5.49. The van der Waals surface area contributed by atoms with Gasteiger partial charge in [0.2, 0.25) is 0 Å². The van der Waals surface area contributed by atoms with Crippen LogP contribution in [0.25, 0.3) is 0 Å². The minimum atomic E-state index is -2.29. The van der Waals surface area contributed by atoms with E-state index in [2.05, 4.69) is 95.9 Å². The zero-order chi connectivity index (χ0) is 23.3. The molecule has 0 radical (unpaired) electrons. The molecule has 0 heterocycles. The van der Waals surface area contributed by atoms with Crippen molar-refractivity contribution in [3.05, 3.63) is 10.1 Å². The Morgan fingerprint density at radius 2 is 0.900 bits per heavy atom. The van der Waals surface area contributed by atoms with Crippen LogP contribution in [-0.2, 0) is 0 Å². The van der Waals surface area contributed by atoms with E-state index in [0.717, 1.165) is 0 Å². The fraction of sp³-hybridized carbons (Fsp3) is 0.923. The van der Waals surface area contributed by atoms with Gasteiger partial charge in [0, 0.05) is 0 Å². The van der Waals surface area contributed by atoms with Crippen LogP contribution in [0.5, 0.6) is 0 Å². The molecule has 0 aromatic carbocycles. The van der Waals surface area contributed by atoms with Crippen LogP contribution in [0.1, 0.15) is 115 Å². The van der Waals surface area contributed by atoms with Crippen LogP contribution in [0.4, 0.5) is 0 Å². The molecule has 0 aromatic rings. The maximum atomic E-state index is 2.90. The van der Waals surface area contributed by atoms with Gasteiger partial charge in [-0.15, -0.1) is 0 Å². The molecule has 0 amide bonds. The molecule has 0 bridgehead atoms. The Bertz CT molecular complexity index is 391. The molecule has 2 nitrogen and oxygen atoms in total. The van der Waals surface area contributed by atoms with Crippen LogP contribution < -0.4 is 0 Å². The average Bonchev–Trinajstić information content (AvgIpc) is 2.65. The molecule has 0 rings (SSSR count). The van der Waals surface area contributed by atoms with E-state index in [1.54, 1.807) is 13.3 Å². The molecule has 0 N–H and O–H groups in total. The van der Waals surface area contributed by atoms with Gasteiger partial charge in [0.05, 0.1) is 0 Å². The van der Waals surface area contributed by atoms with Gasteiger partial charge in [0.15, 0.2) is 0 Å². The molecule has 0 fully saturated rings. The first-order valence-electron chi connectivity index (χ1n) is 13.3. The molecule has 4 heteroatoms. The van der Waals surface area contributed by atoms with Crippen molar-refractivity contribution in [2.24, 2.45) is 0 Å². The Hall–Kier alpha value is 0.524. The van der Waals surface area contributed by atoms with E-state index in [1.807, 2.05) is 0 Å². The summed E-state index contributed by atoms with van der Waals surface area (Å²) in [6, 6.07) is 2.19. The zero-order valence-corrected chi connectivity index (χ0v) is 25.7. The van der Waals surface area contributed by atoms with Crippen molar-refractivity contribution in [2.75, 3.05) is 0 Å². The normalized spacial score (nSPS) is 13.4. The summed E-state index contributed by atoms with van der Waals surface area (Å²) in [7, 11) is 0. The zero-order valence-electron chi connectivity index (χ0n) is 22.8. The second kappa shape index (κ2) is 16.2. The fourth-order valence-corrected chi connectivity index (χ4v) is 19.5. The van der Waals surface area contributed by atoms with Gasteiger partial charge in [-0.1, -0.05) is 0 Å². The van der Waals surface area contributed by atoms with Crippen molar-refractivity contribution in [1.29, 1.82) is 0 Å². The van der Waals surface area contributed by atoms with Crippen LogP contribution >= 0.6 is 0 Å². The molecular weight excluding hydrogens is 470 g/mol. The van der Waals surface area contributed by atoms with E-state index in [1.165, 1.54) is 38.5 Å². The van der Waals surface area contributed by atoms with Crippen molar-refractivity contribution < 1.29 is 0 Å². The minimum absolute atomic E-state index is 0.408. The molecule has 0 saturated carbocycles. The molecule has 0 atom stereocenters. The Morgan fingerprint density at radius 1 is 0.600 bits per heavy atom. The number of hydrogen-bond donors (Lipinski definition) is 0. The van der Waals surface area contributed by atoms with E-state index in [-0.39, 0.29) is 0 Å². The summed E-state index contributed by atoms with van der Waals surface area (Å²) in [6.45, 7) is 26.5. The second-order valence-electron chi connectivity index (χ2n) is 10.7. The van der Waals surface area contributed by atoms with E-state index in [4.69, 9.17) is 0 Å². The maximum absolute atomic E-state index is 2.90. The number of nitrogens with zero attached hydrogens (tertiary/aromatic N) is 2. The molecular formula is C26H57BN2Sn. The third-order valence-corrected chi connectivity index (χ3v) is 20.8. The summed E-state index contributed by atoms with van der Waals surface area (Å²) in [5, 5.41) is 0. The molecule has 0 saturated heterocycles. The van der Waals surface area contributed by atoms with Gasteiger partial charge < -0.3 is 0 Å². The molecule has 178 valence electrons. The molecule has 30 heavy (non-hydrogen) atoms. The van der Waals surface area contributed by atoms with Gasteiger partial charge in [0.25, 0.3) is 0 Å². The van der Waals surface area contributed by atoms with Crippen LogP contribution in [0.3, 0.4) is 0 Å². The van der Waals surface area contributed by atoms with Crippen LogP contribution in [0.2, 0.25) is 13.3 Å². The van der Waals surface area contributed by atoms with E-state index >= 15 is 0 Å². The van der Waals surface area contributed by atoms with Gasteiger partial charge in [-0.25, -0.2) is 0 Å². The molecule has 0 aliphatic rings. The first-order chi connectivity index (χ1) is 14.1. The second-order valence-corrected chi connectivity index (χ2v) is 23.7. The van der Waals surface area contributed by atoms with E-state index in [9.17, 15) is 0 Å². The van der Waals surface area contributed by atoms with Crippen LogP contribution in [0.15, 0.2) is 10.1 Å². The van der Waals surface area contributed by atoms with Crippen LogP contribution in [0, 0.1) is 0 Å². The molecule has 0 aliphatic carbocycles. The van der Waals surface area contributed by atoms with Gasteiger partial charge in [0.1, 0.15) is 0 Å². The number of rotatable bonds is 17. The first kappa shape index (κ1) is 30.5. The summed E-state index contributed by atoms with van der Waals surface area (Å²) in [6.07, 6.45) is 8.37. The Kier molecular flexibility index (Phi) is 16.5. The van der Waals surface area contributed by atoms with Crippen molar-refractivity contribution in [1.82, 2.24) is 9.62 Å². The van der Waals surface area contributed by atoms with Gasteiger partial charge in [-0.2, -0.15) is 0 Å². The predicted octanol–water partition coefficient (Wildman–Crippen LogP) is 8.20.